The van der Waals surface area contributed by atoms with E-state index in [0.29, 0.717) is 31.7 Å². The Morgan fingerprint density at radius 2 is 1.44 bits per heavy atom. The van der Waals surface area contributed by atoms with Crippen LogP contribution in [-0.2, 0) is 9.53 Å². The third kappa shape index (κ3) is 14.4. The molecule has 5 nitrogen and oxygen atoms in total. The number of hydrogen-bond donors (Lipinski definition) is 1. The predicted octanol–water partition coefficient (Wildman–Crippen LogP) is 11.8. The van der Waals surface area contributed by atoms with Crippen molar-refractivity contribution in [3.8, 4) is 28.1 Å². The van der Waals surface area contributed by atoms with Crippen molar-refractivity contribution in [2.75, 3.05) is 13.2 Å². The summed E-state index contributed by atoms with van der Waals surface area (Å²) in [4.78, 5) is 15.8. The Morgan fingerprint density at radius 3 is 2.04 bits per heavy atom. The van der Waals surface area contributed by atoms with Crippen molar-refractivity contribution in [3.05, 3.63) is 72.4 Å². The first-order valence-corrected chi connectivity index (χ1v) is 17.9. The van der Waals surface area contributed by atoms with Crippen LogP contribution < -0.4 is 4.74 Å². The molecule has 0 amide bonds. The molecule has 0 fully saturated rings. The molecule has 0 aliphatic carbocycles. The minimum Gasteiger partial charge on any atom is -0.481 e. The first-order valence-electron chi connectivity index (χ1n) is 17.9. The molecule has 0 saturated carbocycles. The molecule has 1 heterocycles. The van der Waals surface area contributed by atoms with Gasteiger partial charge in [0.15, 0.2) is 6.10 Å². The van der Waals surface area contributed by atoms with Crippen molar-refractivity contribution in [1.82, 2.24) is 4.98 Å². The lowest BCUT2D eigenvalue weighted by Gasteiger charge is -2.22. The number of rotatable bonds is 24. The Hall–Kier alpha value is -3.39. The van der Waals surface area contributed by atoms with Crippen molar-refractivity contribution in [2.24, 2.45) is 0 Å². The van der Waals surface area contributed by atoms with E-state index >= 15 is 0 Å². The van der Waals surface area contributed by atoms with E-state index in [-0.39, 0.29) is 18.9 Å². The smallest absolute Gasteiger partial charge is 0.414 e. The molecule has 2 aromatic carbocycles. The lowest BCUT2D eigenvalue weighted by Crippen LogP contribution is -2.29. The van der Waals surface area contributed by atoms with E-state index in [2.05, 4.69) is 18.0 Å². The highest BCUT2D eigenvalue weighted by atomic mass is 19.4. The quantitative estimate of drug-likeness (QED) is 0.0961. The minimum atomic E-state index is -4.43. The lowest BCUT2D eigenvalue weighted by molar-refractivity contribution is -0.214. The van der Waals surface area contributed by atoms with E-state index in [9.17, 15) is 23.1 Å². The number of carboxylic acids is 1. The van der Waals surface area contributed by atoms with Crippen LogP contribution in [0.5, 0.6) is 5.88 Å². The summed E-state index contributed by atoms with van der Waals surface area (Å²) >= 11 is 0. The van der Waals surface area contributed by atoms with E-state index < -0.39 is 18.2 Å². The number of halogens is 3. The fraction of sp³-hybridized carbons (Fsp3) is 0.550. The number of hydrogen-bond acceptors (Lipinski definition) is 4. The van der Waals surface area contributed by atoms with Crippen molar-refractivity contribution in [3.63, 3.8) is 0 Å². The van der Waals surface area contributed by atoms with E-state index in [1.54, 1.807) is 6.20 Å². The second kappa shape index (κ2) is 21.6. The van der Waals surface area contributed by atoms with Crippen LogP contribution in [0.3, 0.4) is 0 Å². The zero-order valence-electron chi connectivity index (χ0n) is 28.8. The molecule has 3 rings (SSSR count). The maximum Gasteiger partial charge on any atom is 0.414 e. The molecule has 48 heavy (non-hydrogen) atoms. The Kier molecular flexibility index (Phi) is 17.5. The van der Waals surface area contributed by atoms with E-state index in [0.717, 1.165) is 47.6 Å². The number of aliphatic carboxylic acids is 1. The van der Waals surface area contributed by atoms with Gasteiger partial charge < -0.3 is 14.6 Å². The Balaban J connectivity index is 1.66. The Labute approximate surface area is 285 Å². The fourth-order valence-electron chi connectivity index (χ4n) is 5.95. The molecular weight excluding hydrogens is 615 g/mol. The van der Waals surface area contributed by atoms with Crippen LogP contribution in [0.15, 0.2) is 66.9 Å². The minimum absolute atomic E-state index is 0.00412. The third-order valence-electron chi connectivity index (χ3n) is 8.88. The molecule has 0 radical (unpaired) electrons. The molecule has 3 aromatic rings. The standard InChI is InChI=1S/C40H54F3NO4/c1-3-4-5-6-7-8-9-10-11-12-16-27-48-38-25-23-35(30-44-38)37-29-34(22-24-36(37)33-18-14-13-15-19-33)32(20-17-21-39(45)46)26-28-47-31(2)40(41,42)43/h13-15,18-19,22-25,29-32H,3-12,16-17,20-21,26-28H2,1-2H3,(H,45,46). The van der Waals surface area contributed by atoms with Crippen molar-refractivity contribution < 1.29 is 32.5 Å². The number of unbranched alkanes of at least 4 members (excludes halogenated alkanes) is 10. The van der Waals surface area contributed by atoms with Gasteiger partial charge in [-0.1, -0.05) is 120 Å². The molecule has 0 saturated heterocycles. The monoisotopic (exact) mass is 669 g/mol. The molecule has 1 N–H and O–H groups in total. The zero-order chi connectivity index (χ0) is 34.6. The van der Waals surface area contributed by atoms with E-state index in [1.165, 1.54) is 57.8 Å². The summed E-state index contributed by atoms with van der Waals surface area (Å²) in [7, 11) is 0. The average molecular weight is 670 g/mol. The van der Waals surface area contributed by atoms with Crippen LogP contribution in [0.4, 0.5) is 13.2 Å². The van der Waals surface area contributed by atoms with Gasteiger partial charge in [0.25, 0.3) is 0 Å². The number of ether oxygens (including phenoxy) is 2. The number of aromatic nitrogens is 1. The van der Waals surface area contributed by atoms with Crippen LogP contribution in [0, 0.1) is 0 Å². The van der Waals surface area contributed by atoms with Gasteiger partial charge in [-0.25, -0.2) is 4.98 Å². The van der Waals surface area contributed by atoms with Gasteiger partial charge in [-0.2, -0.15) is 13.2 Å². The Bertz CT molecular complexity index is 1310. The zero-order valence-corrected chi connectivity index (χ0v) is 28.8. The van der Waals surface area contributed by atoms with Gasteiger partial charge in [0.1, 0.15) is 0 Å². The third-order valence-corrected chi connectivity index (χ3v) is 8.88. The number of pyridine rings is 1. The van der Waals surface area contributed by atoms with Crippen LogP contribution in [-0.4, -0.2) is 41.6 Å². The highest BCUT2D eigenvalue weighted by Crippen LogP contribution is 2.37. The van der Waals surface area contributed by atoms with Gasteiger partial charge in [0.05, 0.1) is 6.61 Å². The molecule has 0 aliphatic rings. The second-order valence-electron chi connectivity index (χ2n) is 12.8. The largest absolute Gasteiger partial charge is 0.481 e. The topological polar surface area (TPSA) is 68.7 Å². The normalized spacial score (nSPS) is 12.9. The summed E-state index contributed by atoms with van der Waals surface area (Å²) in [6.07, 6.45) is 10.8. The van der Waals surface area contributed by atoms with Gasteiger partial charge in [-0.15, -0.1) is 0 Å². The average Bonchev–Trinajstić information content (AvgIpc) is 3.08. The second-order valence-corrected chi connectivity index (χ2v) is 12.8. The van der Waals surface area contributed by atoms with Crippen molar-refractivity contribution in [2.45, 2.75) is 128 Å². The van der Waals surface area contributed by atoms with Gasteiger partial charge in [-0.05, 0) is 66.8 Å². The number of benzene rings is 2. The van der Waals surface area contributed by atoms with Crippen molar-refractivity contribution >= 4 is 5.97 Å². The maximum atomic E-state index is 13.1. The van der Waals surface area contributed by atoms with Gasteiger partial charge >= 0.3 is 12.1 Å². The molecule has 2 unspecified atom stereocenters. The van der Waals surface area contributed by atoms with Crippen molar-refractivity contribution in [1.29, 1.82) is 0 Å². The molecule has 1 aromatic heterocycles. The van der Waals surface area contributed by atoms with Crippen LogP contribution >= 0.6 is 0 Å². The number of carboxylic acid groups (broad SMARTS) is 1. The molecule has 264 valence electrons. The number of nitrogens with zero attached hydrogens (tertiary/aromatic N) is 1. The molecule has 0 aliphatic heterocycles. The summed E-state index contributed by atoms with van der Waals surface area (Å²) in [5.41, 5.74) is 4.79. The summed E-state index contributed by atoms with van der Waals surface area (Å²) in [5.74, 6) is -0.492. The molecule has 0 bridgehead atoms. The fourth-order valence-corrected chi connectivity index (χ4v) is 5.95. The number of carbonyl (C=O) groups is 1. The first-order chi connectivity index (χ1) is 23.2. The molecule has 0 spiro atoms. The highest BCUT2D eigenvalue weighted by molar-refractivity contribution is 5.83. The number of alkyl halides is 3. The van der Waals surface area contributed by atoms with Crippen LogP contribution in [0.25, 0.3) is 22.3 Å². The van der Waals surface area contributed by atoms with Crippen LogP contribution in [0.2, 0.25) is 0 Å². The Morgan fingerprint density at radius 1 is 0.771 bits per heavy atom. The first kappa shape index (κ1) is 39.1. The summed E-state index contributed by atoms with van der Waals surface area (Å²) < 4.78 is 50.2. The van der Waals surface area contributed by atoms with Gasteiger partial charge in [0.2, 0.25) is 5.88 Å². The molecule has 2 atom stereocenters. The highest BCUT2D eigenvalue weighted by Gasteiger charge is 2.36. The summed E-state index contributed by atoms with van der Waals surface area (Å²) in [6.45, 7) is 3.80. The maximum absolute atomic E-state index is 13.1. The van der Waals surface area contributed by atoms with Gasteiger partial charge in [0, 0.05) is 30.9 Å². The SMILES string of the molecule is CCCCCCCCCCCCCOc1ccc(-c2cc(C(CCCC(=O)O)CCOC(C)C(F)(F)F)ccc2-c2ccccc2)cn1. The van der Waals surface area contributed by atoms with E-state index in [4.69, 9.17) is 9.47 Å². The lowest BCUT2D eigenvalue weighted by atomic mass is 9.86. The molecular formula is C40H54F3NO4. The summed E-state index contributed by atoms with van der Waals surface area (Å²) in [6, 6.07) is 19.9. The van der Waals surface area contributed by atoms with E-state index in [1.807, 2.05) is 54.6 Å². The predicted molar refractivity (Wildman–Crippen MR) is 187 cm³/mol. The molecule has 8 heteroatoms. The summed E-state index contributed by atoms with van der Waals surface area (Å²) in [5, 5.41) is 9.19. The van der Waals surface area contributed by atoms with Gasteiger partial charge in [-0.3, -0.25) is 4.79 Å². The van der Waals surface area contributed by atoms with Crippen LogP contribution in [0.1, 0.15) is 122 Å².